The molecule has 2 rings (SSSR count). The molecule has 1 fully saturated rings. The van der Waals surface area contributed by atoms with Crippen LogP contribution in [0.3, 0.4) is 0 Å². The number of nitrogens with one attached hydrogen (secondary N) is 2. The number of hydrogen-bond donors (Lipinski definition) is 2. The van der Waals surface area contributed by atoms with Gasteiger partial charge in [-0.1, -0.05) is 0 Å². The predicted octanol–water partition coefficient (Wildman–Crippen LogP) is 1.38. The highest BCUT2D eigenvalue weighted by molar-refractivity contribution is 7.91. The molecule has 1 atom stereocenters. The van der Waals surface area contributed by atoms with E-state index in [4.69, 9.17) is 0 Å². The maximum Gasteiger partial charge on any atom is 0.221 e. The van der Waals surface area contributed by atoms with E-state index < -0.39 is 15.7 Å². The molecule has 1 unspecified atom stereocenters. The highest BCUT2D eigenvalue weighted by Gasteiger charge is 2.27. The second kappa shape index (κ2) is 5.16. The van der Waals surface area contributed by atoms with Gasteiger partial charge in [0.1, 0.15) is 5.82 Å². The zero-order chi connectivity index (χ0) is 14.0. The lowest BCUT2D eigenvalue weighted by molar-refractivity contribution is -0.114. The van der Waals surface area contributed by atoms with Gasteiger partial charge in [0.05, 0.1) is 17.2 Å². The predicted molar refractivity (Wildman–Crippen MR) is 71.4 cm³/mol. The third-order valence-corrected chi connectivity index (χ3v) is 4.65. The Labute approximate surface area is 111 Å². The van der Waals surface area contributed by atoms with E-state index in [1.54, 1.807) is 0 Å². The van der Waals surface area contributed by atoms with E-state index in [1.165, 1.54) is 25.1 Å². The first-order valence-corrected chi connectivity index (χ1v) is 7.72. The van der Waals surface area contributed by atoms with E-state index >= 15 is 0 Å². The summed E-state index contributed by atoms with van der Waals surface area (Å²) in [4.78, 5) is 10.9. The molecule has 5 nitrogen and oxygen atoms in total. The molecule has 0 aromatic heterocycles. The Morgan fingerprint density at radius 1 is 1.42 bits per heavy atom. The lowest BCUT2D eigenvalue weighted by Gasteiger charge is -2.14. The average molecular weight is 286 g/mol. The van der Waals surface area contributed by atoms with E-state index in [0.717, 1.165) is 0 Å². The van der Waals surface area contributed by atoms with Gasteiger partial charge in [0.2, 0.25) is 5.91 Å². The number of benzene rings is 1. The molecule has 0 aliphatic carbocycles. The molecule has 1 saturated heterocycles. The summed E-state index contributed by atoms with van der Waals surface area (Å²) in [5, 5.41) is 5.42. The minimum atomic E-state index is -2.96. The molecule has 19 heavy (non-hydrogen) atoms. The minimum absolute atomic E-state index is 0.0818. The van der Waals surface area contributed by atoms with Gasteiger partial charge in [0.25, 0.3) is 0 Å². The Balaban J connectivity index is 2.11. The van der Waals surface area contributed by atoms with Gasteiger partial charge in [0, 0.05) is 18.7 Å². The van der Waals surface area contributed by atoms with Gasteiger partial charge in [-0.3, -0.25) is 4.79 Å². The van der Waals surface area contributed by atoms with Crippen LogP contribution in [0, 0.1) is 5.82 Å². The first-order chi connectivity index (χ1) is 8.85. The molecule has 0 radical (unpaired) electrons. The van der Waals surface area contributed by atoms with E-state index in [0.29, 0.717) is 12.1 Å². The standard InChI is InChI=1S/C12H15FN2O3S/c1-8(16)14-12-6-9(2-3-11(12)13)15-10-4-5-19(17,18)7-10/h2-3,6,10,15H,4-5,7H2,1H3,(H,14,16). The van der Waals surface area contributed by atoms with E-state index in [1.807, 2.05) is 0 Å². The largest absolute Gasteiger partial charge is 0.381 e. The van der Waals surface area contributed by atoms with Crippen molar-refractivity contribution in [2.24, 2.45) is 0 Å². The summed E-state index contributed by atoms with van der Waals surface area (Å²) in [6.45, 7) is 1.29. The third-order valence-electron chi connectivity index (χ3n) is 2.88. The summed E-state index contributed by atoms with van der Waals surface area (Å²) in [5.74, 6) is -0.635. The normalized spacial score (nSPS) is 21.1. The monoisotopic (exact) mass is 286 g/mol. The van der Waals surface area contributed by atoms with Crippen molar-refractivity contribution >= 4 is 27.1 Å². The molecule has 0 spiro atoms. The van der Waals surface area contributed by atoms with Gasteiger partial charge in [-0.25, -0.2) is 12.8 Å². The lowest BCUT2D eigenvalue weighted by atomic mass is 10.2. The van der Waals surface area contributed by atoms with Gasteiger partial charge in [-0.05, 0) is 24.6 Å². The number of amides is 1. The van der Waals surface area contributed by atoms with Crippen LogP contribution in [0.2, 0.25) is 0 Å². The molecule has 1 aliphatic heterocycles. The fourth-order valence-corrected chi connectivity index (χ4v) is 3.72. The summed E-state index contributed by atoms with van der Waals surface area (Å²) in [6.07, 6.45) is 0.537. The van der Waals surface area contributed by atoms with Gasteiger partial charge >= 0.3 is 0 Å². The number of anilines is 2. The zero-order valence-electron chi connectivity index (χ0n) is 10.4. The van der Waals surface area contributed by atoms with Crippen molar-refractivity contribution in [3.05, 3.63) is 24.0 Å². The molecular formula is C12H15FN2O3S. The Kier molecular flexibility index (Phi) is 3.75. The van der Waals surface area contributed by atoms with Crippen LogP contribution in [0.5, 0.6) is 0 Å². The van der Waals surface area contributed by atoms with Gasteiger partial charge in [0.15, 0.2) is 9.84 Å². The van der Waals surface area contributed by atoms with Crippen LogP contribution in [0.4, 0.5) is 15.8 Å². The van der Waals surface area contributed by atoms with Crippen LogP contribution in [0.25, 0.3) is 0 Å². The first-order valence-electron chi connectivity index (χ1n) is 5.90. The lowest BCUT2D eigenvalue weighted by Crippen LogP contribution is -2.20. The molecule has 0 bridgehead atoms. The maximum atomic E-state index is 13.4. The van der Waals surface area contributed by atoms with Crippen molar-refractivity contribution in [1.82, 2.24) is 0 Å². The van der Waals surface area contributed by atoms with Crippen molar-refractivity contribution in [2.75, 3.05) is 22.1 Å². The first kappa shape index (κ1) is 13.8. The van der Waals surface area contributed by atoms with Crippen LogP contribution in [0.1, 0.15) is 13.3 Å². The SMILES string of the molecule is CC(=O)Nc1cc(NC2CCS(=O)(=O)C2)ccc1F. The number of halogens is 1. The molecule has 1 aromatic rings. The summed E-state index contributed by atoms with van der Waals surface area (Å²) in [5.41, 5.74) is 0.672. The van der Waals surface area contributed by atoms with Crippen molar-refractivity contribution in [1.29, 1.82) is 0 Å². The molecule has 1 aromatic carbocycles. The van der Waals surface area contributed by atoms with E-state index in [-0.39, 0.29) is 29.1 Å². The second-order valence-corrected chi connectivity index (χ2v) is 6.85. The summed E-state index contributed by atoms with van der Waals surface area (Å²) in [6, 6.07) is 4.05. The minimum Gasteiger partial charge on any atom is -0.381 e. The summed E-state index contributed by atoms with van der Waals surface area (Å²) >= 11 is 0. The molecule has 1 aliphatic rings. The Morgan fingerprint density at radius 2 is 2.16 bits per heavy atom. The average Bonchev–Trinajstić information content (AvgIpc) is 2.62. The van der Waals surface area contributed by atoms with Crippen molar-refractivity contribution < 1.29 is 17.6 Å². The number of sulfone groups is 1. The van der Waals surface area contributed by atoms with E-state index in [2.05, 4.69) is 10.6 Å². The zero-order valence-corrected chi connectivity index (χ0v) is 11.3. The van der Waals surface area contributed by atoms with Gasteiger partial charge in [-0.2, -0.15) is 0 Å². The molecule has 2 N–H and O–H groups in total. The second-order valence-electron chi connectivity index (χ2n) is 4.62. The highest BCUT2D eigenvalue weighted by Crippen LogP contribution is 2.22. The number of hydrogen-bond acceptors (Lipinski definition) is 4. The fraction of sp³-hybridized carbons (Fsp3) is 0.417. The molecule has 1 heterocycles. The highest BCUT2D eigenvalue weighted by atomic mass is 32.2. The van der Waals surface area contributed by atoms with Crippen LogP contribution in [-0.4, -0.2) is 31.9 Å². The van der Waals surface area contributed by atoms with Crippen LogP contribution in [-0.2, 0) is 14.6 Å². The number of carbonyl (C=O) groups is 1. The van der Waals surface area contributed by atoms with Crippen molar-refractivity contribution in [3.8, 4) is 0 Å². The fourth-order valence-electron chi connectivity index (χ4n) is 2.05. The maximum absolute atomic E-state index is 13.4. The molecule has 7 heteroatoms. The molecule has 1 amide bonds. The topological polar surface area (TPSA) is 75.3 Å². The van der Waals surface area contributed by atoms with E-state index in [9.17, 15) is 17.6 Å². The Bertz CT molecular complexity index is 601. The molecular weight excluding hydrogens is 271 g/mol. The van der Waals surface area contributed by atoms with Crippen molar-refractivity contribution in [2.45, 2.75) is 19.4 Å². The third kappa shape index (κ3) is 3.66. The quantitative estimate of drug-likeness (QED) is 0.880. The van der Waals surface area contributed by atoms with Crippen LogP contribution < -0.4 is 10.6 Å². The number of carbonyl (C=O) groups excluding carboxylic acids is 1. The Morgan fingerprint density at radius 3 is 2.74 bits per heavy atom. The summed E-state index contributed by atoms with van der Waals surface area (Å²) < 4.78 is 36.1. The molecule has 104 valence electrons. The summed E-state index contributed by atoms with van der Waals surface area (Å²) in [7, 11) is -2.96. The smallest absolute Gasteiger partial charge is 0.221 e. The van der Waals surface area contributed by atoms with Gasteiger partial charge in [-0.15, -0.1) is 0 Å². The Hall–Kier alpha value is -1.63. The van der Waals surface area contributed by atoms with Crippen LogP contribution >= 0.6 is 0 Å². The van der Waals surface area contributed by atoms with Crippen LogP contribution in [0.15, 0.2) is 18.2 Å². The van der Waals surface area contributed by atoms with Crippen molar-refractivity contribution in [3.63, 3.8) is 0 Å². The molecule has 0 saturated carbocycles. The number of rotatable bonds is 3. The van der Waals surface area contributed by atoms with Gasteiger partial charge < -0.3 is 10.6 Å².